The molecule has 1 unspecified atom stereocenters. The molecule has 0 aliphatic carbocycles. The molecule has 3 nitrogen and oxygen atoms in total. The molecular weight excluding hydrogens is 196 g/mol. The molecule has 0 radical (unpaired) electrons. The Balaban J connectivity index is 2.15. The van der Waals surface area contributed by atoms with E-state index in [0.29, 0.717) is 24.8 Å². The van der Waals surface area contributed by atoms with Gasteiger partial charge >= 0.3 is 0 Å². The normalized spacial score (nSPS) is 22.0. The molecule has 1 amide bonds. The number of thioether (sulfide) groups is 1. The van der Waals surface area contributed by atoms with E-state index < -0.39 is 0 Å². The third-order valence-corrected chi connectivity index (χ3v) is 3.35. The van der Waals surface area contributed by atoms with Gasteiger partial charge in [0.15, 0.2) is 0 Å². The fourth-order valence-electron chi connectivity index (χ4n) is 1.78. The average Bonchev–Trinajstić information content (AvgIpc) is 2.54. The third-order valence-electron chi connectivity index (χ3n) is 2.65. The molecule has 0 aromatic carbocycles. The largest absolute Gasteiger partial charge is 0.342 e. The highest BCUT2D eigenvalue weighted by atomic mass is 32.2. The molecule has 1 rings (SSSR count). The zero-order chi connectivity index (χ0) is 10.4. The van der Waals surface area contributed by atoms with Gasteiger partial charge in [0, 0.05) is 19.5 Å². The Morgan fingerprint density at radius 1 is 1.57 bits per heavy atom. The summed E-state index contributed by atoms with van der Waals surface area (Å²) in [5, 5.41) is 0. The molecule has 1 aliphatic rings. The maximum atomic E-state index is 11.5. The summed E-state index contributed by atoms with van der Waals surface area (Å²) < 4.78 is 0. The number of amides is 1. The number of carbonyl (C=O) groups excluding carboxylic acids is 1. The average molecular weight is 216 g/mol. The highest BCUT2D eigenvalue weighted by Crippen LogP contribution is 2.17. The Hall–Kier alpha value is -0.220. The summed E-state index contributed by atoms with van der Waals surface area (Å²) in [5.41, 5.74) is 5.55. The van der Waals surface area contributed by atoms with Crippen LogP contribution in [0.3, 0.4) is 0 Å². The summed E-state index contributed by atoms with van der Waals surface area (Å²) in [6.45, 7) is 2.46. The van der Waals surface area contributed by atoms with Gasteiger partial charge in [-0.2, -0.15) is 11.8 Å². The number of nitrogens with two attached hydrogens (primary N) is 1. The Bertz CT molecular complexity index is 187. The molecule has 1 saturated heterocycles. The minimum Gasteiger partial charge on any atom is -0.342 e. The molecule has 0 aromatic heterocycles. The van der Waals surface area contributed by atoms with Crippen LogP contribution < -0.4 is 5.73 Å². The van der Waals surface area contributed by atoms with Crippen LogP contribution in [0.2, 0.25) is 0 Å². The molecule has 0 bridgehead atoms. The number of rotatable bonds is 6. The minimum absolute atomic E-state index is 0.296. The first kappa shape index (κ1) is 11.9. The zero-order valence-corrected chi connectivity index (χ0v) is 9.68. The molecular formula is C10H20N2OS. The lowest BCUT2D eigenvalue weighted by atomic mass is 10.1. The second kappa shape index (κ2) is 6.30. The van der Waals surface area contributed by atoms with Crippen molar-refractivity contribution in [3.63, 3.8) is 0 Å². The molecule has 1 atom stereocenters. The molecule has 1 fully saturated rings. The van der Waals surface area contributed by atoms with Crippen molar-refractivity contribution in [1.82, 2.24) is 4.90 Å². The smallest absolute Gasteiger partial charge is 0.222 e. The fourth-order valence-corrected chi connectivity index (χ4v) is 2.27. The Kier molecular flexibility index (Phi) is 5.33. The number of likely N-dealkylation sites (tertiary alicyclic amines) is 1. The van der Waals surface area contributed by atoms with Gasteiger partial charge in [-0.1, -0.05) is 0 Å². The summed E-state index contributed by atoms with van der Waals surface area (Å²) in [5.74, 6) is 1.90. The van der Waals surface area contributed by atoms with E-state index in [1.807, 2.05) is 16.7 Å². The van der Waals surface area contributed by atoms with Crippen LogP contribution in [0.15, 0.2) is 0 Å². The van der Waals surface area contributed by atoms with Crippen LogP contribution in [-0.4, -0.2) is 42.4 Å². The molecule has 0 spiro atoms. The van der Waals surface area contributed by atoms with Crippen molar-refractivity contribution in [3.8, 4) is 0 Å². The van der Waals surface area contributed by atoms with E-state index in [4.69, 9.17) is 5.73 Å². The Labute approximate surface area is 90.4 Å². The van der Waals surface area contributed by atoms with Crippen LogP contribution in [0.25, 0.3) is 0 Å². The molecule has 14 heavy (non-hydrogen) atoms. The summed E-state index contributed by atoms with van der Waals surface area (Å²) in [6, 6.07) is 0. The maximum absolute atomic E-state index is 11.5. The van der Waals surface area contributed by atoms with Gasteiger partial charge in [-0.25, -0.2) is 0 Å². The van der Waals surface area contributed by atoms with Crippen molar-refractivity contribution in [1.29, 1.82) is 0 Å². The van der Waals surface area contributed by atoms with Crippen molar-refractivity contribution < 1.29 is 4.79 Å². The highest BCUT2D eigenvalue weighted by Gasteiger charge is 2.27. The molecule has 0 aromatic rings. The second-order valence-corrected chi connectivity index (χ2v) is 4.83. The standard InChI is InChI=1S/C10H20N2OS/c1-14-5-3-2-4-12-8-9(7-11)6-10(12)13/h9H,2-8,11H2,1H3. The lowest BCUT2D eigenvalue weighted by Gasteiger charge is -2.15. The van der Waals surface area contributed by atoms with E-state index in [0.717, 1.165) is 19.5 Å². The van der Waals surface area contributed by atoms with Crippen molar-refractivity contribution >= 4 is 17.7 Å². The zero-order valence-electron chi connectivity index (χ0n) is 8.87. The summed E-state index contributed by atoms with van der Waals surface area (Å²) in [4.78, 5) is 13.4. The van der Waals surface area contributed by atoms with E-state index in [1.165, 1.54) is 12.2 Å². The first-order chi connectivity index (χ1) is 6.77. The van der Waals surface area contributed by atoms with Crippen molar-refractivity contribution in [2.45, 2.75) is 19.3 Å². The fraction of sp³-hybridized carbons (Fsp3) is 0.900. The maximum Gasteiger partial charge on any atom is 0.222 e. The van der Waals surface area contributed by atoms with E-state index in [1.54, 1.807) is 0 Å². The number of nitrogens with zero attached hydrogens (tertiary/aromatic N) is 1. The van der Waals surface area contributed by atoms with Crippen molar-refractivity contribution in [3.05, 3.63) is 0 Å². The predicted molar refractivity (Wildman–Crippen MR) is 61.4 cm³/mol. The lowest BCUT2D eigenvalue weighted by Crippen LogP contribution is -2.27. The summed E-state index contributed by atoms with van der Waals surface area (Å²) >= 11 is 1.87. The summed E-state index contributed by atoms with van der Waals surface area (Å²) in [7, 11) is 0. The minimum atomic E-state index is 0.296. The van der Waals surface area contributed by atoms with Crippen molar-refractivity contribution in [2.75, 3.05) is 31.6 Å². The van der Waals surface area contributed by atoms with Crippen molar-refractivity contribution in [2.24, 2.45) is 11.7 Å². The molecule has 0 saturated carbocycles. The Morgan fingerprint density at radius 2 is 2.36 bits per heavy atom. The SMILES string of the molecule is CSCCCCN1CC(CN)CC1=O. The summed E-state index contributed by atoms with van der Waals surface area (Å²) in [6.07, 6.45) is 5.12. The van der Waals surface area contributed by atoms with Gasteiger partial charge in [-0.15, -0.1) is 0 Å². The molecule has 82 valence electrons. The highest BCUT2D eigenvalue weighted by molar-refractivity contribution is 7.98. The molecule has 2 N–H and O–H groups in total. The van der Waals surface area contributed by atoms with Crippen LogP contribution in [0, 0.1) is 5.92 Å². The number of hydrogen-bond donors (Lipinski definition) is 1. The van der Waals surface area contributed by atoms with Gasteiger partial charge in [-0.05, 0) is 37.3 Å². The van der Waals surface area contributed by atoms with Gasteiger partial charge in [-0.3, -0.25) is 4.79 Å². The third kappa shape index (κ3) is 3.50. The van der Waals surface area contributed by atoms with Crippen LogP contribution in [0.1, 0.15) is 19.3 Å². The first-order valence-electron chi connectivity index (χ1n) is 5.24. The number of unbranched alkanes of at least 4 members (excludes halogenated alkanes) is 1. The van der Waals surface area contributed by atoms with E-state index in [-0.39, 0.29) is 0 Å². The Morgan fingerprint density at radius 3 is 2.93 bits per heavy atom. The molecule has 1 aliphatic heterocycles. The lowest BCUT2D eigenvalue weighted by molar-refractivity contribution is -0.127. The van der Waals surface area contributed by atoms with Gasteiger partial charge in [0.25, 0.3) is 0 Å². The number of hydrogen-bond acceptors (Lipinski definition) is 3. The molecule has 1 heterocycles. The van der Waals surface area contributed by atoms with E-state index in [2.05, 4.69) is 6.26 Å². The van der Waals surface area contributed by atoms with Crippen LogP contribution in [0.5, 0.6) is 0 Å². The van der Waals surface area contributed by atoms with Gasteiger partial charge < -0.3 is 10.6 Å². The quantitative estimate of drug-likeness (QED) is 0.672. The van der Waals surface area contributed by atoms with E-state index >= 15 is 0 Å². The topological polar surface area (TPSA) is 46.3 Å². The predicted octanol–water partition coefficient (Wildman–Crippen LogP) is 0.937. The first-order valence-corrected chi connectivity index (χ1v) is 6.64. The van der Waals surface area contributed by atoms with Crippen LogP contribution >= 0.6 is 11.8 Å². The van der Waals surface area contributed by atoms with Crippen LogP contribution in [-0.2, 0) is 4.79 Å². The number of carbonyl (C=O) groups is 1. The monoisotopic (exact) mass is 216 g/mol. The van der Waals surface area contributed by atoms with E-state index in [9.17, 15) is 4.79 Å². The molecule has 4 heteroatoms. The van der Waals surface area contributed by atoms with Gasteiger partial charge in [0.2, 0.25) is 5.91 Å². The van der Waals surface area contributed by atoms with Crippen LogP contribution in [0.4, 0.5) is 0 Å². The van der Waals surface area contributed by atoms with Gasteiger partial charge in [0.05, 0.1) is 0 Å². The second-order valence-electron chi connectivity index (χ2n) is 3.85. The van der Waals surface area contributed by atoms with Gasteiger partial charge in [0.1, 0.15) is 0 Å².